The summed E-state index contributed by atoms with van der Waals surface area (Å²) < 4.78 is 7.00. The highest BCUT2D eigenvalue weighted by Crippen LogP contribution is 2.45. The SMILES string of the molecule is CC(C(=O)Nc1cc(CC(C)(C)C)no1)c1ccc(-c2nn(C3(C)CC3)c(N)c2C#N)nc1. The van der Waals surface area contributed by atoms with Gasteiger partial charge in [0.1, 0.15) is 23.1 Å². The first-order valence-corrected chi connectivity index (χ1v) is 11.0. The molecule has 3 N–H and O–H groups in total. The van der Waals surface area contributed by atoms with E-state index in [1.807, 2.05) is 6.07 Å². The Hall–Kier alpha value is -3.67. The van der Waals surface area contributed by atoms with Crippen LogP contribution in [-0.4, -0.2) is 25.8 Å². The number of pyridine rings is 1. The van der Waals surface area contributed by atoms with E-state index in [2.05, 4.69) is 54.3 Å². The van der Waals surface area contributed by atoms with E-state index in [-0.39, 0.29) is 16.9 Å². The van der Waals surface area contributed by atoms with Crippen LogP contribution < -0.4 is 11.1 Å². The molecule has 1 aliphatic carbocycles. The van der Waals surface area contributed by atoms with Gasteiger partial charge >= 0.3 is 0 Å². The Bertz CT molecular complexity index is 1220. The lowest BCUT2D eigenvalue weighted by Crippen LogP contribution is -2.18. The first-order valence-electron chi connectivity index (χ1n) is 11.0. The molecule has 3 aromatic heterocycles. The smallest absolute Gasteiger partial charge is 0.234 e. The molecular weight excluding hydrogens is 418 g/mol. The van der Waals surface area contributed by atoms with Gasteiger partial charge in [0.05, 0.1) is 22.8 Å². The fourth-order valence-corrected chi connectivity index (χ4v) is 3.70. The Morgan fingerprint density at radius 2 is 2.12 bits per heavy atom. The average Bonchev–Trinajstić information content (AvgIpc) is 3.20. The van der Waals surface area contributed by atoms with E-state index in [0.717, 1.165) is 30.5 Å². The number of carbonyl (C=O) groups is 1. The molecule has 1 saturated carbocycles. The molecule has 1 aliphatic rings. The van der Waals surface area contributed by atoms with Crippen molar-refractivity contribution in [3.05, 3.63) is 41.2 Å². The van der Waals surface area contributed by atoms with Crippen molar-refractivity contribution >= 4 is 17.6 Å². The monoisotopic (exact) mass is 447 g/mol. The number of nitrogens with zero attached hydrogens (tertiary/aromatic N) is 5. The largest absolute Gasteiger partial charge is 0.383 e. The number of nitrogen functional groups attached to an aromatic ring is 1. The van der Waals surface area contributed by atoms with Crippen LogP contribution in [0.2, 0.25) is 0 Å². The quantitative estimate of drug-likeness (QED) is 0.577. The topological polar surface area (TPSA) is 136 Å². The molecule has 0 spiro atoms. The standard InChI is InChI=1S/C24H29N7O2/c1-14(22(32)28-19-10-16(30-33-19)11-23(2,3)4)15-6-7-18(27-13-15)20-17(12-25)21(26)31(29-20)24(5)8-9-24/h6-7,10,13-14H,8-9,11,26H2,1-5H3,(H,28,32). The van der Waals surface area contributed by atoms with Crippen molar-refractivity contribution in [1.82, 2.24) is 19.9 Å². The molecule has 1 atom stereocenters. The second-order valence-electron chi connectivity index (χ2n) is 10.2. The van der Waals surface area contributed by atoms with Crippen molar-refractivity contribution in [3.8, 4) is 17.5 Å². The van der Waals surface area contributed by atoms with Crippen molar-refractivity contribution in [2.75, 3.05) is 11.1 Å². The Morgan fingerprint density at radius 1 is 1.39 bits per heavy atom. The summed E-state index contributed by atoms with van der Waals surface area (Å²) in [5, 5.41) is 21.0. The molecule has 3 heterocycles. The van der Waals surface area contributed by atoms with Crippen LogP contribution in [0, 0.1) is 16.7 Å². The van der Waals surface area contributed by atoms with Gasteiger partial charge in [-0.05, 0) is 50.2 Å². The van der Waals surface area contributed by atoms with Gasteiger partial charge < -0.3 is 10.3 Å². The maximum Gasteiger partial charge on any atom is 0.234 e. The van der Waals surface area contributed by atoms with Crippen molar-refractivity contribution in [3.63, 3.8) is 0 Å². The minimum atomic E-state index is -0.467. The number of nitrogens with two attached hydrogens (primary N) is 1. The minimum Gasteiger partial charge on any atom is -0.383 e. The highest BCUT2D eigenvalue weighted by molar-refractivity contribution is 5.94. The molecule has 0 saturated heterocycles. The molecule has 3 aromatic rings. The number of hydrogen-bond acceptors (Lipinski definition) is 7. The highest BCUT2D eigenvalue weighted by Gasteiger charge is 2.43. The third-order valence-electron chi connectivity index (χ3n) is 5.96. The van der Waals surface area contributed by atoms with Gasteiger partial charge in [0, 0.05) is 12.3 Å². The van der Waals surface area contributed by atoms with E-state index in [9.17, 15) is 10.1 Å². The molecule has 0 aliphatic heterocycles. The number of aromatic nitrogens is 4. The molecule has 1 fully saturated rings. The number of carbonyl (C=O) groups excluding carboxylic acids is 1. The maximum absolute atomic E-state index is 12.7. The molecule has 1 amide bonds. The average molecular weight is 448 g/mol. The second kappa shape index (κ2) is 8.03. The van der Waals surface area contributed by atoms with Gasteiger partial charge in [0.25, 0.3) is 0 Å². The number of anilines is 2. The summed E-state index contributed by atoms with van der Waals surface area (Å²) in [7, 11) is 0. The normalized spacial score (nSPS) is 15.6. The Morgan fingerprint density at radius 3 is 2.70 bits per heavy atom. The van der Waals surface area contributed by atoms with E-state index >= 15 is 0 Å². The van der Waals surface area contributed by atoms with E-state index in [1.165, 1.54) is 0 Å². The molecule has 9 nitrogen and oxygen atoms in total. The van der Waals surface area contributed by atoms with Crippen LogP contribution in [0.15, 0.2) is 28.9 Å². The first-order chi connectivity index (χ1) is 15.5. The number of nitrogens with one attached hydrogen (secondary N) is 1. The zero-order valence-electron chi connectivity index (χ0n) is 19.6. The summed E-state index contributed by atoms with van der Waals surface area (Å²) in [6.45, 7) is 10.2. The van der Waals surface area contributed by atoms with Crippen LogP contribution in [0.3, 0.4) is 0 Å². The van der Waals surface area contributed by atoms with Gasteiger partial charge in [-0.3, -0.25) is 15.1 Å². The lowest BCUT2D eigenvalue weighted by molar-refractivity contribution is -0.117. The Labute approximate surface area is 193 Å². The van der Waals surface area contributed by atoms with Gasteiger partial charge in [-0.2, -0.15) is 10.4 Å². The molecule has 1 unspecified atom stereocenters. The van der Waals surface area contributed by atoms with Crippen LogP contribution in [0.4, 0.5) is 11.7 Å². The molecule has 33 heavy (non-hydrogen) atoms. The summed E-state index contributed by atoms with van der Waals surface area (Å²) in [5.74, 6) is -0.00463. The summed E-state index contributed by atoms with van der Waals surface area (Å²) in [4.78, 5) is 17.2. The van der Waals surface area contributed by atoms with Crippen LogP contribution in [0.25, 0.3) is 11.4 Å². The lowest BCUT2D eigenvalue weighted by atomic mass is 9.91. The molecule has 0 bridgehead atoms. The van der Waals surface area contributed by atoms with Crippen molar-refractivity contribution < 1.29 is 9.32 Å². The van der Waals surface area contributed by atoms with E-state index in [4.69, 9.17) is 10.3 Å². The van der Waals surface area contributed by atoms with Gasteiger partial charge in [-0.25, -0.2) is 4.68 Å². The highest BCUT2D eigenvalue weighted by atomic mass is 16.5. The zero-order chi connectivity index (χ0) is 24.0. The summed E-state index contributed by atoms with van der Waals surface area (Å²) in [6, 6.07) is 7.48. The minimum absolute atomic E-state index is 0.0706. The fourth-order valence-electron chi connectivity index (χ4n) is 3.70. The summed E-state index contributed by atoms with van der Waals surface area (Å²) >= 11 is 0. The molecule has 172 valence electrons. The number of hydrogen-bond donors (Lipinski definition) is 2. The van der Waals surface area contributed by atoms with E-state index in [1.54, 1.807) is 29.9 Å². The van der Waals surface area contributed by atoms with Crippen molar-refractivity contribution in [2.45, 2.75) is 65.3 Å². The predicted molar refractivity (Wildman–Crippen MR) is 124 cm³/mol. The Kier molecular flexibility index (Phi) is 5.48. The molecule has 9 heteroatoms. The van der Waals surface area contributed by atoms with E-state index < -0.39 is 5.92 Å². The molecule has 0 aromatic carbocycles. The van der Waals surface area contributed by atoms with Crippen LogP contribution in [0.1, 0.15) is 70.2 Å². The number of nitriles is 1. The maximum atomic E-state index is 12.7. The second-order valence-corrected chi connectivity index (χ2v) is 10.2. The molecular formula is C24H29N7O2. The predicted octanol–water partition coefficient (Wildman–Crippen LogP) is 4.23. The summed E-state index contributed by atoms with van der Waals surface area (Å²) in [5.41, 5.74) is 8.97. The van der Waals surface area contributed by atoms with Crippen LogP contribution in [-0.2, 0) is 16.8 Å². The third-order valence-corrected chi connectivity index (χ3v) is 5.96. The van der Waals surface area contributed by atoms with Gasteiger partial charge in [-0.15, -0.1) is 0 Å². The molecule has 4 rings (SSSR count). The zero-order valence-corrected chi connectivity index (χ0v) is 19.6. The van der Waals surface area contributed by atoms with Gasteiger partial charge in [-0.1, -0.05) is 32.0 Å². The van der Waals surface area contributed by atoms with Crippen molar-refractivity contribution in [2.24, 2.45) is 5.41 Å². The third kappa shape index (κ3) is 4.60. The van der Waals surface area contributed by atoms with Gasteiger partial charge in [0.2, 0.25) is 11.8 Å². The molecule has 0 radical (unpaired) electrons. The lowest BCUT2D eigenvalue weighted by Gasteiger charge is -2.15. The number of amides is 1. The van der Waals surface area contributed by atoms with Crippen molar-refractivity contribution in [1.29, 1.82) is 5.26 Å². The van der Waals surface area contributed by atoms with Crippen LogP contribution >= 0.6 is 0 Å². The first kappa shape index (κ1) is 22.5. The fraction of sp³-hybridized carbons (Fsp3) is 0.458. The van der Waals surface area contributed by atoms with Gasteiger partial charge in [0.15, 0.2) is 0 Å². The van der Waals surface area contributed by atoms with E-state index in [0.29, 0.717) is 28.7 Å². The summed E-state index contributed by atoms with van der Waals surface area (Å²) in [6.07, 6.45) is 4.33. The number of rotatable bonds is 6. The van der Waals surface area contributed by atoms with Crippen LogP contribution in [0.5, 0.6) is 0 Å². The Balaban J connectivity index is 1.48.